The molecule has 0 radical (unpaired) electrons. The van der Waals surface area contributed by atoms with Crippen LogP contribution in [0.3, 0.4) is 0 Å². The summed E-state index contributed by atoms with van der Waals surface area (Å²) in [4.78, 5) is 28.7. The molecule has 2 rings (SSSR count). The Morgan fingerprint density at radius 2 is 2.04 bits per heavy atom. The maximum absolute atomic E-state index is 13.8. The van der Waals surface area contributed by atoms with Gasteiger partial charge < -0.3 is 10.2 Å². The zero-order valence-corrected chi connectivity index (χ0v) is 13.6. The van der Waals surface area contributed by atoms with Crippen LogP contribution in [0, 0.1) is 11.6 Å². The molecule has 0 aliphatic rings. The fourth-order valence-electron chi connectivity index (χ4n) is 1.98. The minimum atomic E-state index is -0.677. The lowest BCUT2D eigenvalue weighted by atomic mass is 10.1. The first-order valence-corrected chi connectivity index (χ1v) is 7.62. The lowest BCUT2D eigenvalue weighted by molar-refractivity contribution is -0.114. The first kappa shape index (κ1) is 17.0. The van der Waals surface area contributed by atoms with Gasteiger partial charge in [-0.15, -0.1) is 11.3 Å². The fourth-order valence-corrected chi connectivity index (χ4v) is 2.71. The quantitative estimate of drug-likeness (QED) is 0.930. The Hall–Kier alpha value is -2.35. The molecular weight excluding hydrogens is 324 g/mol. The summed E-state index contributed by atoms with van der Waals surface area (Å²) in [7, 11) is 1.48. The van der Waals surface area contributed by atoms with Crippen LogP contribution in [-0.2, 0) is 4.79 Å². The van der Waals surface area contributed by atoms with Crippen molar-refractivity contribution in [2.24, 2.45) is 0 Å². The number of carbonyl (C=O) groups is 2. The fraction of sp³-hybridized carbons (Fsp3) is 0.267. The zero-order chi connectivity index (χ0) is 17.1. The molecule has 1 aromatic heterocycles. The molecule has 1 atom stereocenters. The van der Waals surface area contributed by atoms with Gasteiger partial charge in [-0.2, -0.15) is 0 Å². The summed E-state index contributed by atoms with van der Waals surface area (Å²) in [6, 6.07) is 2.43. The molecule has 0 saturated carbocycles. The number of hydrogen-bond donors (Lipinski definition) is 1. The summed E-state index contributed by atoms with van der Waals surface area (Å²) < 4.78 is 27.1. The van der Waals surface area contributed by atoms with E-state index in [0.29, 0.717) is 5.13 Å². The Morgan fingerprint density at radius 3 is 2.70 bits per heavy atom. The lowest BCUT2D eigenvalue weighted by Crippen LogP contribution is -2.30. The number of nitrogens with one attached hydrogen (secondary N) is 1. The summed E-state index contributed by atoms with van der Waals surface area (Å²) >= 11 is 1.11. The van der Waals surface area contributed by atoms with E-state index >= 15 is 0 Å². The van der Waals surface area contributed by atoms with Crippen LogP contribution in [0.4, 0.5) is 13.9 Å². The van der Waals surface area contributed by atoms with Crippen LogP contribution in [0.15, 0.2) is 23.6 Å². The molecule has 1 heterocycles. The van der Waals surface area contributed by atoms with E-state index in [1.54, 1.807) is 6.92 Å². The Bertz CT molecular complexity index is 748. The summed E-state index contributed by atoms with van der Waals surface area (Å²) in [5.41, 5.74) is 0.211. The van der Waals surface area contributed by atoms with Crippen molar-refractivity contribution in [3.05, 3.63) is 46.5 Å². The molecule has 1 N–H and O–H groups in total. The van der Waals surface area contributed by atoms with Crippen LogP contribution in [0.25, 0.3) is 0 Å². The number of nitrogens with zero attached hydrogens (tertiary/aromatic N) is 2. The second kappa shape index (κ2) is 6.82. The van der Waals surface area contributed by atoms with Crippen molar-refractivity contribution in [1.82, 2.24) is 9.88 Å². The molecular formula is C15H15F2N3O2S. The average molecular weight is 339 g/mol. The molecule has 2 aromatic rings. The van der Waals surface area contributed by atoms with Gasteiger partial charge in [-0.3, -0.25) is 9.59 Å². The predicted molar refractivity (Wildman–Crippen MR) is 83.3 cm³/mol. The molecule has 122 valence electrons. The van der Waals surface area contributed by atoms with Crippen LogP contribution < -0.4 is 5.32 Å². The maximum atomic E-state index is 13.8. The highest BCUT2D eigenvalue weighted by atomic mass is 32.1. The van der Waals surface area contributed by atoms with Crippen molar-refractivity contribution in [2.45, 2.75) is 19.9 Å². The van der Waals surface area contributed by atoms with Crippen molar-refractivity contribution >= 4 is 28.3 Å². The van der Waals surface area contributed by atoms with E-state index in [1.165, 1.54) is 24.3 Å². The normalized spacial score (nSPS) is 11.9. The van der Waals surface area contributed by atoms with Crippen molar-refractivity contribution in [2.75, 3.05) is 12.4 Å². The Balaban J connectivity index is 2.20. The van der Waals surface area contributed by atoms with Gasteiger partial charge in [0.05, 0.1) is 6.04 Å². The van der Waals surface area contributed by atoms with Gasteiger partial charge in [-0.1, -0.05) is 0 Å². The average Bonchev–Trinajstić information content (AvgIpc) is 2.95. The standard InChI is InChI=1S/C15H15F2N3O2S/c1-8(11-6-10(16)4-5-12(11)17)20(3)14(22)13-7-23-15(19-13)18-9(2)21/h4-8H,1-3H3,(H,18,19,21)/t8-/m1/s1. The lowest BCUT2D eigenvalue weighted by Gasteiger charge is -2.25. The van der Waals surface area contributed by atoms with Gasteiger partial charge in [0.1, 0.15) is 17.3 Å². The van der Waals surface area contributed by atoms with E-state index in [4.69, 9.17) is 0 Å². The second-order valence-corrected chi connectivity index (χ2v) is 5.84. The zero-order valence-electron chi connectivity index (χ0n) is 12.8. The molecule has 0 unspecified atom stereocenters. The third-order valence-electron chi connectivity index (χ3n) is 3.32. The third-order valence-corrected chi connectivity index (χ3v) is 4.07. The van der Waals surface area contributed by atoms with Crippen LogP contribution in [-0.4, -0.2) is 28.7 Å². The number of amides is 2. The smallest absolute Gasteiger partial charge is 0.273 e. The molecule has 0 saturated heterocycles. The summed E-state index contributed by atoms with van der Waals surface area (Å²) in [5, 5.41) is 4.29. The number of halogens is 2. The second-order valence-electron chi connectivity index (χ2n) is 4.98. The van der Waals surface area contributed by atoms with Gasteiger partial charge in [-0.05, 0) is 25.1 Å². The van der Waals surface area contributed by atoms with E-state index in [9.17, 15) is 18.4 Å². The molecule has 0 aliphatic heterocycles. The summed E-state index contributed by atoms with van der Waals surface area (Å²) in [5.74, 6) is -1.90. The van der Waals surface area contributed by atoms with Gasteiger partial charge in [0.2, 0.25) is 5.91 Å². The monoisotopic (exact) mass is 339 g/mol. The Morgan fingerprint density at radius 1 is 1.35 bits per heavy atom. The molecule has 1 aromatic carbocycles. The minimum absolute atomic E-state index is 0.0816. The van der Waals surface area contributed by atoms with Crippen LogP contribution >= 0.6 is 11.3 Å². The number of rotatable bonds is 4. The molecule has 5 nitrogen and oxygen atoms in total. The highest BCUT2D eigenvalue weighted by molar-refractivity contribution is 7.14. The number of anilines is 1. The van der Waals surface area contributed by atoms with Gasteiger partial charge in [0, 0.05) is 24.9 Å². The number of benzene rings is 1. The van der Waals surface area contributed by atoms with E-state index in [2.05, 4.69) is 10.3 Å². The Kier molecular flexibility index (Phi) is 5.05. The molecule has 0 fully saturated rings. The van der Waals surface area contributed by atoms with Gasteiger partial charge in [-0.25, -0.2) is 13.8 Å². The van der Waals surface area contributed by atoms with Crippen molar-refractivity contribution < 1.29 is 18.4 Å². The summed E-state index contributed by atoms with van der Waals surface area (Å²) in [6.07, 6.45) is 0. The largest absolute Gasteiger partial charge is 0.333 e. The third kappa shape index (κ3) is 3.89. The number of aromatic nitrogens is 1. The van der Waals surface area contributed by atoms with E-state index in [1.807, 2.05) is 0 Å². The van der Waals surface area contributed by atoms with Gasteiger partial charge in [0.25, 0.3) is 5.91 Å². The van der Waals surface area contributed by atoms with Crippen molar-refractivity contribution in [1.29, 1.82) is 0 Å². The van der Waals surface area contributed by atoms with Crippen LogP contribution in [0.2, 0.25) is 0 Å². The number of thiazole rings is 1. The highest BCUT2D eigenvalue weighted by Gasteiger charge is 2.23. The molecule has 2 amide bonds. The van der Waals surface area contributed by atoms with Gasteiger partial charge >= 0.3 is 0 Å². The topological polar surface area (TPSA) is 62.3 Å². The number of hydrogen-bond acceptors (Lipinski definition) is 4. The SMILES string of the molecule is CC(=O)Nc1nc(C(=O)N(C)[C@H](C)c2cc(F)ccc2F)cs1. The molecule has 8 heteroatoms. The van der Waals surface area contributed by atoms with E-state index < -0.39 is 23.6 Å². The van der Waals surface area contributed by atoms with E-state index in [0.717, 1.165) is 29.5 Å². The van der Waals surface area contributed by atoms with Crippen LogP contribution in [0.5, 0.6) is 0 Å². The highest BCUT2D eigenvalue weighted by Crippen LogP contribution is 2.25. The number of carbonyl (C=O) groups excluding carboxylic acids is 2. The molecule has 0 aliphatic carbocycles. The van der Waals surface area contributed by atoms with Crippen molar-refractivity contribution in [3.63, 3.8) is 0 Å². The first-order chi connectivity index (χ1) is 10.8. The summed E-state index contributed by atoms with van der Waals surface area (Å²) in [6.45, 7) is 2.93. The van der Waals surface area contributed by atoms with Crippen molar-refractivity contribution in [3.8, 4) is 0 Å². The predicted octanol–water partition coefficient (Wildman–Crippen LogP) is 3.21. The molecule has 23 heavy (non-hydrogen) atoms. The molecule has 0 spiro atoms. The van der Waals surface area contributed by atoms with Gasteiger partial charge in [0.15, 0.2) is 5.13 Å². The first-order valence-electron chi connectivity index (χ1n) is 6.75. The minimum Gasteiger partial charge on any atom is -0.333 e. The van der Waals surface area contributed by atoms with E-state index in [-0.39, 0.29) is 17.2 Å². The van der Waals surface area contributed by atoms with Crippen LogP contribution in [0.1, 0.15) is 35.9 Å². The molecule has 0 bridgehead atoms. The maximum Gasteiger partial charge on any atom is 0.273 e. The Labute approximate surface area is 136 Å².